The predicted octanol–water partition coefficient (Wildman–Crippen LogP) is 6.42. The van der Waals surface area contributed by atoms with Crippen molar-refractivity contribution in [3.05, 3.63) is 95.4 Å². The molecule has 0 saturated carbocycles. The zero-order chi connectivity index (χ0) is 31.1. The van der Waals surface area contributed by atoms with Gasteiger partial charge in [-0.3, -0.25) is 9.59 Å². The molecule has 2 amide bonds. The number of unbranched alkanes of at least 4 members (excludes halogenated alkanes) is 1. The topological polar surface area (TPSA) is 110 Å². The molecule has 11 heteroatoms. The fourth-order valence-corrected chi connectivity index (χ4v) is 5.49. The Bertz CT molecular complexity index is 1720. The van der Waals surface area contributed by atoms with Crippen LogP contribution in [0.3, 0.4) is 0 Å². The van der Waals surface area contributed by atoms with Crippen molar-refractivity contribution in [3.63, 3.8) is 0 Å². The number of carbonyl (C=O) groups excluding carboxylic acids is 2. The fourth-order valence-electron chi connectivity index (χ4n) is 4.56. The van der Waals surface area contributed by atoms with Crippen molar-refractivity contribution < 1.29 is 18.7 Å². The number of anilines is 1. The summed E-state index contributed by atoms with van der Waals surface area (Å²) in [7, 11) is 0. The van der Waals surface area contributed by atoms with Gasteiger partial charge in [0.25, 0.3) is 0 Å². The standard InChI is InChI=1S/C33H33FN6O3S/c1-4-5-15-43-28-14-12-23(17-26(28)34)31-24(20-40(39-31)25-9-7-6-8-10-25)19-35-38-33-37-32(42)29(44-33)18-30(41)36-27-13-11-21(2)16-22(27)3/h6-14,16-17,19-20,29H,4-5,15,18H2,1-3H3,(H,36,41)(H,37,38,42)/b35-19+. The Morgan fingerprint density at radius 3 is 2.73 bits per heavy atom. The zero-order valence-electron chi connectivity index (χ0n) is 24.7. The molecule has 1 aliphatic rings. The van der Waals surface area contributed by atoms with Gasteiger partial charge in [-0.1, -0.05) is 61.0 Å². The molecule has 3 aromatic carbocycles. The number of amidine groups is 1. The van der Waals surface area contributed by atoms with Gasteiger partial charge in [-0.05, 0) is 62.2 Å². The van der Waals surface area contributed by atoms with Crippen LogP contribution in [0.5, 0.6) is 5.75 Å². The summed E-state index contributed by atoms with van der Waals surface area (Å²) >= 11 is 1.14. The Labute approximate surface area is 259 Å². The first-order valence-corrected chi connectivity index (χ1v) is 15.2. The fraction of sp³-hybridized carbons (Fsp3) is 0.242. The Balaban J connectivity index is 1.31. The first-order chi connectivity index (χ1) is 21.3. The molecule has 0 spiro atoms. The summed E-state index contributed by atoms with van der Waals surface area (Å²) in [5.74, 6) is -0.860. The summed E-state index contributed by atoms with van der Waals surface area (Å²) < 4.78 is 22.2. The van der Waals surface area contributed by atoms with Crippen LogP contribution in [0.4, 0.5) is 10.1 Å². The quantitative estimate of drug-likeness (QED) is 0.115. The number of hydrogen-bond donors (Lipinski definition) is 2. The number of aromatic nitrogens is 2. The maximum atomic E-state index is 14.9. The third kappa shape index (κ3) is 7.59. The number of rotatable bonds is 11. The summed E-state index contributed by atoms with van der Waals surface area (Å²) in [6, 6.07) is 20.0. The Morgan fingerprint density at radius 2 is 1.98 bits per heavy atom. The highest BCUT2D eigenvalue weighted by atomic mass is 32.2. The third-order valence-electron chi connectivity index (χ3n) is 6.87. The number of amides is 2. The molecular weight excluding hydrogens is 579 g/mol. The molecule has 9 nitrogen and oxygen atoms in total. The molecule has 4 aromatic rings. The van der Waals surface area contributed by atoms with E-state index < -0.39 is 11.1 Å². The minimum atomic E-state index is -0.632. The summed E-state index contributed by atoms with van der Waals surface area (Å²) in [6.45, 7) is 6.40. The minimum absolute atomic E-state index is 0.00966. The molecule has 1 saturated heterocycles. The van der Waals surface area contributed by atoms with Gasteiger partial charge in [0.05, 0.1) is 18.5 Å². The molecule has 0 aliphatic carbocycles. The summed E-state index contributed by atoms with van der Waals surface area (Å²) in [6.07, 6.45) is 5.06. The van der Waals surface area contributed by atoms with Crippen LogP contribution in [0.1, 0.15) is 42.9 Å². The van der Waals surface area contributed by atoms with Crippen LogP contribution in [0.2, 0.25) is 0 Å². The normalized spacial score (nSPS) is 15.6. The van der Waals surface area contributed by atoms with E-state index in [0.29, 0.717) is 29.1 Å². The van der Waals surface area contributed by atoms with E-state index in [-0.39, 0.29) is 29.2 Å². The highest BCUT2D eigenvalue weighted by Gasteiger charge is 2.32. The Kier molecular flexibility index (Phi) is 9.86. The molecule has 1 unspecified atom stereocenters. The molecule has 0 bridgehead atoms. The van der Waals surface area contributed by atoms with Gasteiger partial charge in [-0.15, -0.1) is 5.10 Å². The predicted molar refractivity (Wildman–Crippen MR) is 173 cm³/mol. The number of nitrogens with zero attached hydrogens (tertiary/aromatic N) is 4. The number of thioether (sulfide) groups is 1. The molecule has 1 atom stereocenters. The van der Waals surface area contributed by atoms with Crippen LogP contribution in [-0.2, 0) is 9.59 Å². The van der Waals surface area contributed by atoms with Crippen molar-refractivity contribution in [1.29, 1.82) is 0 Å². The van der Waals surface area contributed by atoms with Crippen molar-refractivity contribution in [2.24, 2.45) is 10.2 Å². The molecule has 1 aliphatic heterocycles. The molecule has 2 N–H and O–H groups in total. The van der Waals surface area contributed by atoms with E-state index in [1.807, 2.05) is 69.3 Å². The molecule has 0 radical (unpaired) electrons. The van der Waals surface area contributed by atoms with E-state index in [2.05, 4.69) is 20.8 Å². The van der Waals surface area contributed by atoms with Gasteiger partial charge in [0.2, 0.25) is 11.8 Å². The van der Waals surface area contributed by atoms with Gasteiger partial charge >= 0.3 is 0 Å². The lowest BCUT2D eigenvalue weighted by Gasteiger charge is -2.10. The van der Waals surface area contributed by atoms with Crippen molar-refractivity contribution in [3.8, 4) is 22.7 Å². The van der Waals surface area contributed by atoms with Gasteiger partial charge in [0, 0.05) is 29.4 Å². The molecular formula is C33H33FN6O3S. The van der Waals surface area contributed by atoms with E-state index in [0.717, 1.165) is 41.4 Å². The number of halogens is 1. The first-order valence-electron chi connectivity index (χ1n) is 14.3. The number of ether oxygens (including phenoxy) is 1. The van der Waals surface area contributed by atoms with Gasteiger partial charge in [0.1, 0.15) is 10.9 Å². The first kappa shape index (κ1) is 30.7. The van der Waals surface area contributed by atoms with Gasteiger partial charge in [0.15, 0.2) is 16.7 Å². The average molecular weight is 613 g/mol. The van der Waals surface area contributed by atoms with E-state index >= 15 is 0 Å². The molecule has 2 heterocycles. The van der Waals surface area contributed by atoms with Crippen LogP contribution < -0.4 is 15.4 Å². The van der Waals surface area contributed by atoms with Crippen LogP contribution in [-0.4, -0.2) is 44.8 Å². The molecule has 44 heavy (non-hydrogen) atoms. The summed E-state index contributed by atoms with van der Waals surface area (Å²) in [4.78, 5) is 25.2. The zero-order valence-corrected chi connectivity index (χ0v) is 25.5. The third-order valence-corrected chi connectivity index (χ3v) is 7.94. The molecule has 5 rings (SSSR count). The second-order valence-corrected chi connectivity index (χ2v) is 11.6. The largest absolute Gasteiger partial charge is 0.491 e. The van der Waals surface area contributed by atoms with Crippen LogP contribution >= 0.6 is 11.8 Å². The lowest BCUT2D eigenvalue weighted by molar-refractivity contribution is -0.122. The van der Waals surface area contributed by atoms with Crippen LogP contribution in [0.15, 0.2) is 83.1 Å². The lowest BCUT2D eigenvalue weighted by Crippen LogP contribution is -2.28. The molecule has 226 valence electrons. The second-order valence-electron chi connectivity index (χ2n) is 10.4. The summed E-state index contributed by atoms with van der Waals surface area (Å²) in [5.41, 5.74) is 5.23. The highest BCUT2D eigenvalue weighted by Crippen LogP contribution is 2.28. The van der Waals surface area contributed by atoms with Gasteiger partial charge in [-0.25, -0.2) is 9.07 Å². The van der Waals surface area contributed by atoms with E-state index in [1.165, 1.54) is 12.3 Å². The van der Waals surface area contributed by atoms with Gasteiger partial charge < -0.3 is 15.4 Å². The highest BCUT2D eigenvalue weighted by molar-refractivity contribution is 8.15. The van der Waals surface area contributed by atoms with Crippen LogP contribution in [0, 0.1) is 19.7 Å². The lowest BCUT2D eigenvalue weighted by atomic mass is 10.1. The number of hydrogen-bond acceptors (Lipinski definition) is 7. The van der Waals surface area contributed by atoms with E-state index in [1.54, 1.807) is 23.0 Å². The van der Waals surface area contributed by atoms with E-state index in [4.69, 9.17) is 9.84 Å². The van der Waals surface area contributed by atoms with Crippen molar-refractivity contribution in [2.75, 3.05) is 11.9 Å². The number of para-hydroxylation sites is 1. The summed E-state index contributed by atoms with van der Waals surface area (Å²) in [5, 5.41) is 18.3. The Hall–Kier alpha value is -4.77. The average Bonchev–Trinajstić information content (AvgIpc) is 3.59. The SMILES string of the molecule is CCCCOc1ccc(-c2nn(-c3ccccc3)cc2/C=N/N=C2/NC(=O)C(CC(=O)Nc3ccc(C)cc3C)S2)cc1F. The second kappa shape index (κ2) is 14.1. The smallest absolute Gasteiger partial charge is 0.240 e. The maximum absolute atomic E-state index is 14.9. The Morgan fingerprint density at radius 1 is 1.16 bits per heavy atom. The van der Waals surface area contributed by atoms with Gasteiger partial charge in [-0.2, -0.15) is 10.2 Å². The number of carbonyl (C=O) groups is 2. The minimum Gasteiger partial charge on any atom is -0.491 e. The number of benzene rings is 3. The number of nitrogens with one attached hydrogen (secondary N) is 2. The van der Waals surface area contributed by atoms with Crippen molar-refractivity contribution in [1.82, 2.24) is 15.1 Å². The van der Waals surface area contributed by atoms with E-state index in [9.17, 15) is 14.0 Å². The van der Waals surface area contributed by atoms with Crippen molar-refractivity contribution >= 4 is 40.6 Å². The maximum Gasteiger partial charge on any atom is 0.240 e. The molecule has 1 fully saturated rings. The number of aryl methyl sites for hydroxylation is 2. The molecule has 1 aromatic heterocycles. The van der Waals surface area contributed by atoms with Crippen LogP contribution in [0.25, 0.3) is 16.9 Å². The van der Waals surface area contributed by atoms with Crippen molar-refractivity contribution in [2.45, 2.75) is 45.3 Å². The monoisotopic (exact) mass is 612 g/mol.